The van der Waals surface area contributed by atoms with Crippen LogP contribution in [0.1, 0.15) is 24.6 Å². The van der Waals surface area contributed by atoms with Crippen LogP contribution in [0, 0.1) is 11.3 Å². The highest BCUT2D eigenvalue weighted by Gasteiger charge is 2.58. The number of aromatic nitrogens is 3. The highest BCUT2D eigenvalue weighted by molar-refractivity contribution is 7.47. The third kappa shape index (κ3) is 6.06. The van der Waals surface area contributed by atoms with E-state index in [1.54, 1.807) is 19.2 Å². The number of aliphatic hydroxyl groups excluding tert-OH is 2. The Labute approximate surface area is 224 Å². The number of methoxy groups -OCH3 is 1. The molecule has 210 valence electrons. The molecule has 1 saturated heterocycles. The third-order valence-corrected chi connectivity index (χ3v) is 7.36. The number of benzene rings is 1. The zero-order valence-corrected chi connectivity index (χ0v) is 22.2. The van der Waals surface area contributed by atoms with E-state index in [1.807, 2.05) is 25.1 Å². The summed E-state index contributed by atoms with van der Waals surface area (Å²) in [5.74, 6) is 0.845. The number of rotatable bonds is 12. The summed E-state index contributed by atoms with van der Waals surface area (Å²) in [5.41, 5.74) is 5.11. The van der Waals surface area contributed by atoms with Gasteiger partial charge in [0, 0.05) is 0 Å². The van der Waals surface area contributed by atoms with Crippen LogP contribution in [0.4, 0.5) is 5.82 Å². The maximum atomic E-state index is 12.5. The Kier molecular flexibility index (Phi) is 8.85. The van der Waals surface area contributed by atoms with Crippen molar-refractivity contribution >= 4 is 19.2 Å². The molecule has 5 N–H and O–H groups in total. The van der Waals surface area contributed by atoms with Gasteiger partial charge in [0.25, 0.3) is 0 Å². The maximum Gasteiger partial charge on any atom is 0.472 e. The van der Waals surface area contributed by atoms with Gasteiger partial charge in [0.15, 0.2) is 5.82 Å². The van der Waals surface area contributed by atoms with Crippen molar-refractivity contribution in [2.75, 3.05) is 26.1 Å². The number of ether oxygens (including phenoxy) is 3. The van der Waals surface area contributed by atoms with Gasteiger partial charge in [-0.25, -0.2) is 14.1 Å². The molecule has 0 amide bonds. The first kappa shape index (κ1) is 28.9. The molecule has 1 aromatic carbocycles. The number of anilines is 1. The largest absolute Gasteiger partial charge is 0.497 e. The highest BCUT2D eigenvalue weighted by Crippen LogP contribution is 2.46. The molecule has 15 heteroatoms. The number of nitriles is 1. The lowest BCUT2D eigenvalue weighted by Crippen LogP contribution is -2.41. The van der Waals surface area contributed by atoms with Crippen LogP contribution in [-0.2, 0) is 35.3 Å². The molecule has 3 aromatic rings. The third-order valence-electron chi connectivity index (χ3n) is 6.41. The van der Waals surface area contributed by atoms with Crippen LogP contribution in [0.2, 0.25) is 0 Å². The Morgan fingerprint density at radius 2 is 2.00 bits per heavy atom. The second-order valence-corrected chi connectivity index (χ2v) is 10.3. The van der Waals surface area contributed by atoms with Gasteiger partial charge in [-0.2, -0.15) is 10.4 Å². The molecule has 39 heavy (non-hydrogen) atoms. The molecule has 0 radical (unpaired) electrons. The molecular formula is C24H30N5O9P. The molecule has 0 bridgehead atoms. The fraction of sp³-hybridized carbons (Fsp3) is 0.458. The van der Waals surface area contributed by atoms with Crippen molar-refractivity contribution in [3.63, 3.8) is 0 Å². The molecule has 2 unspecified atom stereocenters. The number of phosphoric ester groups is 1. The normalized spacial score (nSPS) is 25.3. The number of hydrogen-bond acceptors (Lipinski definition) is 12. The van der Waals surface area contributed by atoms with E-state index in [1.165, 1.54) is 23.0 Å². The number of fused-ring (bicyclic) bond motifs is 1. The predicted octanol–water partition coefficient (Wildman–Crippen LogP) is 1.29. The van der Waals surface area contributed by atoms with Crippen molar-refractivity contribution in [1.82, 2.24) is 14.6 Å². The number of phosphoric acid groups is 1. The molecule has 0 spiro atoms. The minimum atomic E-state index is -4.62. The number of nitrogens with zero attached hydrogens (tertiary/aromatic N) is 4. The average Bonchev–Trinajstić information content (AvgIpc) is 3.48. The number of nitrogen functional groups attached to an aromatic ring is 1. The fourth-order valence-corrected chi connectivity index (χ4v) is 4.92. The Bertz CT molecular complexity index is 1360. The molecule has 4 rings (SSSR count). The molecule has 2 aromatic heterocycles. The Hall–Kier alpha value is -3.12. The standard InChI is InChI=1S/C24H30N5O9P/c1-3-16(35-10-15-4-6-17(34-2)7-5-15)11-36-39(32,33)37-12-19-21(30)22(31)24(13-25,38-19)20-9-8-18-23(26)27-14-28-29(18)20/h4-9,14,16,19,21-22,30-31H,3,10-12H2,1-2H3,(H,32,33)(H2,26,27,28)/t16-,19-,21?,22+,24+/m1/s1. The first-order valence-corrected chi connectivity index (χ1v) is 13.5. The minimum Gasteiger partial charge on any atom is -0.497 e. The summed E-state index contributed by atoms with van der Waals surface area (Å²) in [6, 6.07) is 12.2. The van der Waals surface area contributed by atoms with Gasteiger partial charge in [0.2, 0.25) is 5.60 Å². The Balaban J connectivity index is 1.35. The van der Waals surface area contributed by atoms with Crippen molar-refractivity contribution in [2.45, 2.75) is 50.0 Å². The molecular weight excluding hydrogens is 533 g/mol. The van der Waals surface area contributed by atoms with E-state index in [-0.39, 0.29) is 24.7 Å². The fourth-order valence-electron chi connectivity index (χ4n) is 4.15. The molecule has 0 aliphatic carbocycles. The van der Waals surface area contributed by atoms with Crippen molar-refractivity contribution in [3.8, 4) is 11.8 Å². The molecule has 6 atom stereocenters. The first-order chi connectivity index (χ1) is 18.6. The molecule has 0 saturated carbocycles. The Morgan fingerprint density at radius 1 is 1.26 bits per heavy atom. The summed E-state index contributed by atoms with van der Waals surface area (Å²) >= 11 is 0. The van der Waals surface area contributed by atoms with Crippen LogP contribution in [-0.4, -0.2) is 74.4 Å². The smallest absolute Gasteiger partial charge is 0.472 e. The monoisotopic (exact) mass is 563 g/mol. The van der Waals surface area contributed by atoms with Crippen molar-refractivity contribution in [1.29, 1.82) is 5.26 Å². The summed E-state index contributed by atoms with van der Waals surface area (Å²) in [6.45, 7) is 1.19. The zero-order chi connectivity index (χ0) is 28.2. The van der Waals surface area contributed by atoms with E-state index in [9.17, 15) is 24.9 Å². The van der Waals surface area contributed by atoms with E-state index in [2.05, 4.69) is 10.1 Å². The topological polar surface area (TPSA) is 204 Å². The van der Waals surface area contributed by atoms with Gasteiger partial charge < -0.3 is 35.1 Å². The van der Waals surface area contributed by atoms with Gasteiger partial charge in [-0.15, -0.1) is 0 Å². The Morgan fingerprint density at radius 3 is 2.67 bits per heavy atom. The van der Waals surface area contributed by atoms with Crippen LogP contribution >= 0.6 is 7.82 Å². The highest BCUT2D eigenvalue weighted by atomic mass is 31.2. The van der Waals surface area contributed by atoms with E-state index < -0.39 is 44.4 Å². The maximum absolute atomic E-state index is 12.5. The molecule has 1 aliphatic rings. The summed E-state index contributed by atoms with van der Waals surface area (Å²) < 4.78 is 40.6. The predicted molar refractivity (Wildman–Crippen MR) is 135 cm³/mol. The quantitative estimate of drug-likeness (QED) is 0.230. The lowest BCUT2D eigenvalue weighted by Gasteiger charge is -2.24. The molecule has 1 aliphatic heterocycles. The first-order valence-electron chi connectivity index (χ1n) is 12.0. The van der Waals surface area contributed by atoms with Crippen LogP contribution in [0.15, 0.2) is 42.7 Å². The van der Waals surface area contributed by atoms with E-state index in [0.29, 0.717) is 17.7 Å². The van der Waals surface area contributed by atoms with Crippen LogP contribution < -0.4 is 10.5 Å². The number of nitrogens with two attached hydrogens (primary N) is 1. The van der Waals surface area contributed by atoms with Crippen molar-refractivity contribution in [3.05, 3.63) is 54.0 Å². The number of aliphatic hydroxyl groups is 2. The lowest BCUT2D eigenvalue weighted by atomic mass is 9.92. The second kappa shape index (κ2) is 12.0. The lowest BCUT2D eigenvalue weighted by molar-refractivity contribution is -0.0657. The van der Waals surface area contributed by atoms with E-state index in [4.69, 9.17) is 29.0 Å². The molecule has 3 heterocycles. The van der Waals surface area contributed by atoms with Gasteiger partial charge >= 0.3 is 7.82 Å². The van der Waals surface area contributed by atoms with Crippen molar-refractivity contribution < 1.29 is 42.9 Å². The van der Waals surface area contributed by atoms with Crippen LogP contribution in [0.3, 0.4) is 0 Å². The van der Waals surface area contributed by atoms with Crippen LogP contribution in [0.25, 0.3) is 5.52 Å². The SMILES string of the molecule is CC[C@H](COP(=O)(O)OC[C@H]1O[C@@](C#N)(c2ccc3c(N)ncnn23)[C@@H](O)C1O)OCc1ccc(OC)cc1. The van der Waals surface area contributed by atoms with Gasteiger partial charge in [0.1, 0.15) is 42.0 Å². The molecule has 14 nitrogen and oxygen atoms in total. The summed E-state index contributed by atoms with van der Waals surface area (Å²) in [6.07, 6.45) is -3.56. The van der Waals surface area contributed by atoms with Gasteiger partial charge in [-0.05, 0) is 36.2 Å². The summed E-state index contributed by atoms with van der Waals surface area (Å²) in [4.78, 5) is 14.1. The summed E-state index contributed by atoms with van der Waals surface area (Å²) in [5, 5.41) is 35.4. The van der Waals surface area contributed by atoms with Gasteiger partial charge in [-0.3, -0.25) is 9.05 Å². The van der Waals surface area contributed by atoms with Crippen molar-refractivity contribution in [2.24, 2.45) is 0 Å². The second-order valence-electron chi connectivity index (χ2n) is 8.85. The minimum absolute atomic E-state index is 0.0892. The summed E-state index contributed by atoms with van der Waals surface area (Å²) in [7, 11) is -3.04. The molecule has 1 fully saturated rings. The zero-order valence-electron chi connectivity index (χ0n) is 21.3. The van der Waals surface area contributed by atoms with Gasteiger partial charge in [0.05, 0.1) is 38.7 Å². The van der Waals surface area contributed by atoms with E-state index >= 15 is 0 Å². The van der Waals surface area contributed by atoms with Gasteiger partial charge in [-0.1, -0.05) is 19.1 Å². The average molecular weight is 564 g/mol. The van der Waals surface area contributed by atoms with E-state index in [0.717, 1.165) is 5.56 Å². The number of hydrogen-bond donors (Lipinski definition) is 4. The van der Waals surface area contributed by atoms with Crippen LogP contribution in [0.5, 0.6) is 5.75 Å².